The monoisotopic (exact) mass is 778 g/mol. The van der Waals surface area contributed by atoms with Gasteiger partial charge in [-0.05, 0) is 125 Å². The highest BCUT2D eigenvalue weighted by Crippen LogP contribution is 2.48. The molecule has 0 bridgehead atoms. The Kier molecular flexibility index (Phi) is 9.17. The van der Waals surface area contributed by atoms with Crippen molar-refractivity contribution in [2.75, 3.05) is 0 Å². The number of fused-ring (bicyclic) bond motifs is 3. The third-order valence-corrected chi connectivity index (χ3v) is 12.2. The fraction of sp³-hybridized carbons (Fsp3) is 0.0339. The molecule has 0 aliphatic heterocycles. The topological polar surface area (TPSA) is 17.8 Å². The molecule has 0 fully saturated rings. The Bertz CT molecular complexity index is 3350. The zero-order valence-electron chi connectivity index (χ0n) is 34.0. The molecular formula is C59H42N2. The van der Waals surface area contributed by atoms with Gasteiger partial charge in [0.1, 0.15) is 5.82 Å². The minimum atomic E-state index is 0.865. The minimum Gasteiger partial charge on any atom is -0.296 e. The number of hydrogen-bond acceptors (Lipinski definition) is 1. The first-order valence-electron chi connectivity index (χ1n) is 21.2. The smallest absolute Gasteiger partial charge is 0.114 e. The van der Waals surface area contributed by atoms with E-state index < -0.39 is 0 Å². The predicted molar refractivity (Wildman–Crippen MR) is 258 cm³/mol. The molecule has 11 rings (SSSR count). The molecule has 11 aromatic rings. The van der Waals surface area contributed by atoms with Gasteiger partial charge in [-0.3, -0.25) is 4.57 Å². The van der Waals surface area contributed by atoms with Crippen molar-refractivity contribution in [1.29, 1.82) is 0 Å². The Balaban J connectivity index is 1.10. The number of hydrogen-bond donors (Lipinski definition) is 0. The van der Waals surface area contributed by atoms with E-state index in [1.165, 1.54) is 88.3 Å². The second kappa shape index (κ2) is 15.4. The first kappa shape index (κ1) is 36.3. The maximum Gasteiger partial charge on any atom is 0.114 e. The molecule has 0 saturated carbocycles. The molecule has 1 aromatic heterocycles. The van der Waals surface area contributed by atoms with Gasteiger partial charge in [0.2, 0.25) is 0 Å². The van der Waals surface area contributed by atoms with Crippen LogP contribution in [-0.2, 0) is 6.42 Å². The largest absolute Gasteiger partial charge is 0.296 e. The molecule has 0 aliphatic carbocycles. The van der Waals surface area contributed by atoms with Crippen LogP contribution in [0.3, 0.4) is 0 Å². The maximum absolute atomic E-state index is 4.91. The molecule has 61 heavy (non-hydrogen) atoms. The van der Waals surface area contributed by atoms with Crippen LogP contribution in [-0.4, -0.2) is 9.55 Å². The SMILES string of the molecule is CCc1nc2ccccc2n1-c1ccc(-c2ccc(-c3c4ccccc4c(-c4cc(-c5ccccc5)ccc4-c4ccccc4)c4cc(-c5ccccc5)ccc34)cc2)cc1. The van der Waals surface area contributed by atoms with Crippen LogP contribution in [0.5, 0.6) is 0 Å². The average molecular weight is 779 g/mol. The fourth-order valence-electron chi connectivity index (χ4n) is 9.25. The van der Waals surface area contributed by atoms with Crippen molar-refractivity contribution in [3.8, 4) is 72.4 Å². The van der Waals surface area contributed by atoms with Crippen LogP contribution in [0.2, 0.25) is 0 Å². The summed E-state index contributed by atoms with van der Waals surface area (Å²) in [6.07, 6.45) is 0.865. The van der Waals surface area contributed by atoms with Crippen molar-refractivity contribution in [3.63, 3.8) is 0 Å². The van der Waals surface area contributed by atoms with E-state index in [0.29, 0.717) is 0 Å². The summed E-state index contributed by atoms with van der Waals surface area (Å²) in [4.78, 5) is 4.91. The van der Waals surface area contributed by atoms with E-state index in [2.05, 4.69) is 236 Å². The van der Waals surface area contributed by atoms with Crippen molar-refractivity contribution in [1.82, 2.24) is 9.55 Å². The molecule has 0 atom stereocenters. The number of nitrogens with zero attached hydrogens (tertiary/aromatic N) is 2. The van der Waals surface area contributed by atoms with Gasteiger partial charge < -0.3 is 0 Å². The summed E-state index contributed by atoms with van der Waals surface area (Å²) in [7, 11) is 0. The first-order valence-corrected chi connectivity index (χ1v) is 21.2. The molecule has 2 nitrogen and oxygen atoms in total. The first-order chi connectivity index (χ1) is 30.2. The summed E-state index contributed by atoms with van der Waals surface area (Å²) in [6.45, 7) is 2.17. The molecule has 0 N–H and O–H groups in total. The normalized spacial score (nSPS) is 11.4. The van der Waals surface area contributed by atoms with E-state index in [4.69, 9.17) is 4.98 Å². The Morgan fingerprint density at radius 2 is 0.820 bits per heavy atom. The van der Waals surface area contributed by atoms with Crippen LogP contribution in [0.25, 0.3) is 105 Å². The van der Waals surface area contributed by atoms with Gasteiger partial charge in [-0.2, -0.15) is 0 Å². The Labute approximate surface area is 356 Å². The molecular weight excluding hydrogens is 737 g/mol. The molecule has 0 radical (unpaired) electrons. The van der Waals surface area contributed by atoms with Crippen LogP contribution in [0, 0.1) is 0 Å². The Morgan fingerprint density at radius 3 is 1.48 bits per heavy atom. The third-order valence-electron chi connectivity index (χ3n) is 12.2. The molecule has 0 saturated heterocycles. The minimum absolute atomic E-state index is 0.865. The van der Waals surface area contributed by atoms with Crippen molar-refractivity contribution < 1.29 is 0 Å². The van der Waals surface area contributed by atoms with E-state index in [1.54, 1.807) is 0 Å². The summed E-state index contributed by atoms with van der Waals surface area (Å²) in [5.74, 6) is 1.07. The molecule has 10 aromatic carbocycles. The quantitative estimate of drug-likeness (QED) is 0.141. The zero-order valence-corrected chi connectivity index (χ0v) is 34.0. The van der Waals surface area contributed by atoms with E-state index >= 15 is 0 Å². The van der Waals surface area contributed by atoms with Gasteiger partial charge in [-0.1, -0.05) is 195 Å². The van der Waals surface area contributed by atoms with Gasteiger partial charge >= 0.3 is 0 Å². The zero-order chi connectivity index (χ0) is 40.7. The van der Waals surface area contributed by atoms with Crippen LogP contribution >= 0.6 is 0 Å². The highest BCUT2D eigenvalue weighted by atomic mass is 15.1. The van der Waals surface area contributed by atoms with Crippen molar-refractivity contribution in [3.05, 3.63) is 230 Å². The Morgan fingerprint density at radius 1 is 0.344 bits per heavy atom. The molecule has 288 valence electrons. The summed E-state index contributed by atoms with van der Waals surface area (Å²) in [5.41, 5.74) is 17.8. The van der Waals surface area contributed by atoms with Crippen LogP contribution in [0.1, 0.15) is 12.7 Å². The average Bonchev–Trinajstić information content (AvgIpc) is 3.73. The molecule has 0 unspecified atom stereocenters. The number of imidazole rings is 1. The van der Waals surface area contributed by atoms with E-state index in [-0.39, 0.29) is 0 Å². The summed E-state index contributed by atoms with van der Waals surface area (Å²) in [5, 5.41) is 4.93. The van der Waals surface area contributed by atoms with Crippen molar-refractivity contribution >= 4 is 32.6 Å². The standard InChI is InChI=1S/C59H42N2/c1-2-57-60-55-24-14-15-25-56(55)61(57)48-34-30-43(31-35-48)42-26-28-45(29-27-42)58-50-22-12-13-23-51(50)59(54-39-47(33-37-52(54)58)41-18-8-4-9-19-41)53-38-46(40-16-6-3-7-17-40)32-36-49(53)44-20-10-5-11-21-44/h3-39H,2H2,1H3. The Hall–Kier alpha value is -7.81. The van der Waals surface area contributed by atoms with Gasteiger partial charge in [0.15, 0.2) is 0 Å². The van der Waals surface area contributed by atoms with Gasteiger partial charge in [-0.25, -0.2) is 4.98 Å². The predicted octanol–water partition coefficient (Wildman–Crippen LogP) is 15.9. The van der Waals surface area contributed by atoms with Gasteiger partial charge in [0, 0.05) is 12.1 Å². The molecule has 2 heteroatoms. The van der Waals surface area contributed by atoms with Crippen LogP contribution in [0.15, 0.2) is 224 Å². The lowest BCUT2D eigenvalue weighted by molar-refractivity contribution is 0.908. The highest BCUT2D eigenvalue weighted by Gasteiger charge is 2.21. The molecule has 0 aliphatic rings. The number of para-hydroxylation sites is 2. The van der Waals surface area contributed by atoms with E-state index in [1.807, 2.05) is 0 Å². The molecule has 0 amide bonds. The fourth-order valence-corrected chi connectivity index (χ4v) is 9.25. The summed E-state index contributed by atoms with van der Waals surface area (Å²) >= 11 is 0. The maximum atomic E-state index is 4.91. The lowest BCUT2D eigenvalue weighted by atomic mass is 9.82. The van der Waals surface area contributed by atoms with Gasteiger partial charge in [0.05, 0.1) is 11.0 Å². The van der Waals surface area contributed by atoms with Gasteiger partial charge in [-0.15, -0.1) is 0 Å². The van der Waals surface area contributed by atoms with Crippen LogP contribution in [0.4, 0.5) is 0 Å². The number of aromatic nitrogens is 2. The second-order valence-corrected chi connectivity index (χ2v) is 15.7. The third kappa shape index (κ3) is 6.50. The second-order valence-electron chi connectivity index (χ2n) is 15.7. The lowest BCUT2D eigenvalue weighted by Gasteiger charge is -2.21. The molecule has 0 spiro atoms. The van der Waals surface area contributed by atoms with Crippen LogP contribution < -0.4 is 0 Å². The highest BCUT2D eigenvalue weighted by molar-refractivity contribution is 6.23. The summed E-state index contributed by atoms with van der Waals surface area (Å²) < 4.78 is 2.28. The van der Waals surface area contributed by atoms with Crippen molar-refractivity contribution in [2.45, 2.75) is 13.3 Å². The number of rotatable bonds is 8. The molecule has 1 heterocycles. The summed E-state index contributed by atoms with van der Waals surface area (Å²) in [6, 6.07) is 81.8. The van der Waals surface area contributed by atoms with Gasteiger partial charge in [0.25, 0.3) is 0 Å². The van der Waals surface area contributed by atoms with E-state index in [0.717, 1.165) is 29.0 Å². The number of aryl methyl sites for hydroxylation is 1. The van der Waals surface area contributed by atoms with Crippen molar-refractivity contribution in [2.24, 2.45) is 0 Å². The van der Waals surface area contributed by atoms with E-state index in [9.17, 15) is 0 Å². The lowest BCUT2D eigenvalue weighted by Crippen LogP contribution is -1.99. The number of benzene rings is 10.